The summed E-state index contributed by atoms with van der Waals surface area (Å²) in [5, 5.41) is 2.43. The van der Waals surface area contributed by atoms with Gasteiger partial charge in [-0.05, 0) is 34.5 Å². The minimum Gasteiger partial charge on any atom is -0.397 e. The van der Waals surface area contributed by atoms with Crippen molar-refractivity contribution >= 4 is 27.5 Å². The Bertz CT molecular complexity index is 393. The summed E-state index contributed by atoms with van der Waals surface area (Å²) in [6, 6.07) is 1.42. The molecule has 0 unspecified atom stereocenters. The van der Waals surface area contributed by atoms with Crippen LogP contribution in [0.25, 0.3) is 0 Å². The van der Waals surface area contributed by atoms with Crippen LogP contribution in [0.1, 0.15) is 15.9 Å². The smallest absolute Gasteiger partial charge is 0.253 e. The molecule has 5 heteroatoms. The third-order valence-electron chi connectivity index (χ3n) is 1.90. The summed E-state index contributed by atoms with van der Waals surface area (Å²) in [5.41, 5.74) is 6.35. The van der Waals surface area contributed by atoms with E-state index in [0.717, 1.165) is 0 Å². The number of hydrogen-bond acceptors (Lipinski definition) is 2. The molecular formula is C9H10BrFN2O. The van der Waals surface area contributed by atoms with Crippen molar-refractivity contribution in [2.45, 2.75) is 6.92 Å². The maximum absolute atomic E-state index is 13.3. The second-order valence-electron chi connectivity index (χ2n) is 2.86. The van der Waals surface area contributed by atoms with Crippen LogP contribution < -0.4 is 11.1 Å². The summed E-state index contributed by atoms with van der Waals surface area (Å²) in [6.07, 6.45) is 0. The van der Waals surface area contributed by atoms with E-state index in [1.165, 1.54) is 13.1 Å². The lowest BCUT2D eigenvalue weighted by Gasteiger charge is -2.09. The number of halogens is 2. The van der Waals surface area contributed by atoms with Crippen molar-refractivity contribution in [2.24, 2.45) is 0 Å². The molecule has 3 N–H and O–H groups in total. The molecule has 0 radical (unpaired) electrons. The molecule has 1 rings (SSSR count). The zero-order chi connectivity index (χ0) is 10.9. The second kappa shape index (κ2) is 3.96. The van der Waals surface area contributed by atoms with Crippen LogP contribution in [0.2, 0.25) is 0 Å². The first-order valence-electron chi connectivity index (χ1n) is 3.95. The molecule has 1 amide bonds. The van der Waals surface area contributed by atoms with Gasteiger partial charge in [-0.2, -0.15) is 0 Å². The SMILES string of the molecule is CNC(=O)c1cc(C)c(F)c(Br)c1N. The molecule has 0 aliphatic rings. The van der Waals surface area contributed by atoms with Crippen LogP contribution in [0.3, 0.4) is 0 Å². The highest BCUT2D eigenvalue weighted by molar-refractivity contribution is 9.10. The lowest BCUT2D eigenvalue weighted by Crippen LogP contribution is -2.20. The first kappa shape index (κ1) is 11.0. The quantitative estimate of drug-likeness (QED) is 0.758. The number of nitrogen functional groups attached to an aromatic ring is 1. The average Bonchev–Trinajstić information content (AvgIpc) is 2.19. The molecule has 1 aromatic carbocycles. The zero-order valence-electron chi connectivity index (χ0n) is 7.82. The largest absolute Gasteiger partial charge is 0.397 e. The third-order valence-corrected chi connectivity index (χ3v) is 2.67. The summed E-state index contributed by atoms with van der Waals surface area (Å²) in [7, 11) is 1.49. The van der Waals surface area contributed by atoms with Crippen LogP contribution in [-0.2, 0) is 0 Å². The Hall–Kier alpha value is -1.10. The van der Waals surface area contributed by atoms with E-state index in [9.17, 15) is 9.18 Å². The molecule has 0 aromatic heterocycles. The van der Waals surface area contributed by atoms with Crippen molar-refractivity contribution in [2.75, 3.05) is 12.8 Å². The predicted molar refractivity (Wildman–Crippen MR) is 56.6 cm³/mol. The third kappa shape index (κ3) is 1.72. The van der Waals surface area contributed by atoms with Crippen molar-refractivity contribution in [1.82, 2.24) is 5.32 Å². The normalized spacial score (nSPS) is 10.0. The van der Waals surface area contributed by atoms with Crippen LogP contribution in [0.5, 0.6) is 0 Å². The highest BCUT2D eigenvalue weighted by Gasteiger charge is 2.15. The second-order valence-corrected chi connectivity index (χ2v) is 3.65. The molecule has 0 heterocycles. The number of aryl methyl sites for hydroxylation is 1. The molecule has 0 spiro atoms. The van der Waals surface area contributed by atoms with E-state index in [1.807, 2.05) is 0 Å². The van der Waals surface area contributed by atoms with Gasteiger partial charge in [-0.15, -0.1) is 0 Å². The van der Waals surface area contributed by atoms with Gasteiger partial charge in [0.15, 0.2) is 0 Å². The van der Waals surface area contributed by atoms with Gasteiger partial charge in [-0.3, -0.25) is 4.79 Å². The van der Waals surface area contributed by atoms with Crippen LogP contribution >= 0.6 is 15.9 Å². The predicted octanol–water partition coefficient (Wildman–Crippen LogP) is 1.84. The van der Waals surface area contributed by atoms with Gasteiger partial charge in [0.05, 0.1) is 15.7 Å². The van der Waals surface area contributed by atoms with E-state index in [0.29, 0.717) is 5.56 Å². The van der Waals surface area contributed by atoms with Crippen LogP contribution in [0.15, 0.2) is 10.5 Å². The molecule has 0 fully saturated rings. The first-order valence-corrected chi connectivity index (χ1v) is 4.74. The van der Waals surface area contributed by atoms with Gasteiger partial charge in [0.1, 0.15) is 5.82 Å². The van der Waals surface area contributed by atoms with Gasteiger partial charge in [0, 0.05) is 7.05 Å². The molecule has 1 aromatic rings. The number of amides is 1. The monoisotopic (exact) mass is 260 g/mol. The van der Waals surface area contributed by atoms with Gasteiger partial charge in [0.25, 0.3) is 5.91 Å². The van der Waals surface area contributed by atoms with Gasteiger partial charge in [0.2, 0.25) is 0 Å². The standard InChI is InChI=1S/C9H10BrFN2O/c1-4-3-5(9(14)13-2)8(12)6(10)7(4)11/h3H,12H2,1-2H3,(H,13,14). The van der Waals surface area contributed by atoms with Crippen molar-refractivity contribution in [3.63, 3.8) is 0 Å². The molecule has 0 atom stereocenters. The van der Waals surface area contributed by atoms with Crippen LogP contribution in [0.4, 0.5) is 10.1 Å². The topological polar surface area (TPSA) is 55.1 Å². The summed E-state index contributed by atoms with van der Waals surface area (Å²) < 4.78 is 13.4. The van der Waals surface area contributed by atoms with Crippen molar-refractivity contribution < 1.29 is 9.18 Å². The number of benzene rings is 1. The van der Waals surface area contributed by atoms with Crippen LogP contribution in [-0.4, -0.2) is 13.0 Å². The fourth-order valence-corrected chi connectivity index (χ4v) is 1.62. The Morgan fingerprint density at radius 2 is 2.21 bits per heavy atom. The average molecular weight is 261 g/mol. The molecule has 0 bridgehead atoms. The fraction of sp³-hybridized carbons (Fsp3) is 0.222. The minimum absolute atomic E-state index is 0.118. The van der Waals surface area contributed by atoms with E-state index in [-0.39, 0.29) is 21.6 Å². The number of nitrogens with one attached hydrogen (secondary N) is 1. The molecular weight excluding hydrogens is 251 g/mol. The molecule has 14 heavy (non-hydrogen) atoms. The van der Waals surface area contributed by atoms with Crippen molar-refractivity contribution in [3.05, 3.63) is 27.5 Å². The lowest BCUT2D eigenvalue weighted by molar-refractivity contribution is 0.0964. The number of carbonyl (C=O) groups is 1. The summed E-state index contributed by atoms with van der Waals surface area (Å²) in [6.45, 7) is 1.58. The maximum Gasteiger partial charge on any atom is 0.253 e. The van der Waals surface area contributed by atoms with Gasteiger partial charge in [-0.1, -0.05) is 0 Å². The maximum atomic E-state index is 13.3. The van der Waals surface area contributed by atoms with Crippen molar-refractivity contribution in [3.8, 4) is 0 Å². The summed E-state index contributed by atoms with van der Waals surface area (Å²) >= 11 is 3.00. The van der Waals surface area contributed by atoms with E-state index < -0.39 is 5.82 Å². The molecule has 0 aliphatic heterocycles. The Morgan fingerprint density at radius 1 is 1.64 bits per heavy atom. The van der Waals surface area contributed by atoms with E-state index in [2.05, 4.69) is 21.2 Å². The zero-order valence-corrected chi connectivity index (χ0v) is 9.40. The Balaban J connectivity index is 3.40. The van der Waals surface area contributed by atoms with E-state index in [1.54, 1.807) is 6.92 Å². The van der Waals surface area contributed by atoms with Gasteiger partial charge >= 0.3 is 0 Å². The van der Waals surface area contributed by atoms with E-state index >= 15 is 0 Å². The molecule has 76 valence electrons. The number of nitrogens with two attached hydrogens (primary N) is 1. The molecule has 0 saturated carbocycles. The van der Waals surface area contributed by atoms with Crippen LogP contribution in [0, 0.1) is 12.7 Å². The molecule has 3 nitrogen and oxygen atoms in total. The highest BCUT2D eigenvalue weighted by atomic mass is 79.9. The lowest BCUT2D eigenvalue weighted by atomic mass is 10.1. The van der Waals surface area contributed by atoms with Gasteiger partial charge in [-0.25, -0.2) is 4.39 Å². The Kier molecular flexibility index (Phi) is 3.10. The number of anilines is 1. The van der Waals surface area contributed by atoms with Crippen molar-refractivity contribution in [1.29, 1.82) is 0 Å². The van der Waals surface area contributed by atoms with E-state index in [4.69, 9.17) is 5.73 Å². The minimum atomic E-state index is -0.435. The molecule has 0 aliphatic carbocycles. The summed E-state index contributed by atoms with van der Waals surface area (Å²) in [4.78, 5) is 11.3. The highest BCUT2D eigenvalue weighted by Crippen LogP contribution is 2.29. The Morgan fingerprint density at radius 3 is 2.71 bits per heavy atom. The summed E-state index contributed by atoms with van der Waals surface area (Å²) in [5.74, 6) is -0.763. The fourth-order valence-electron chi connectivity index (χ4n) is 1.09. The number of hydrogen-bond donors (Lipinski definition) is 2. The first-order chi connectivity index (χ1) is 6.49. The number of carbonyl (C=O) groups excluding carboxylic acids is 1. The number of rotatable bonds is 1. The molecule has 0 saturated heterocycles. The van der Waals surface area contributed by atoms with Gasteiger partial charge < -0.3 is 11.1 Å². The Labute approximate surface area is 89.6 Å².